The van der Waals surface area contributed by atoms with E-state index in [1.54, 1.807) is 30.0 Å². The number of amides is 1. The van der Waals surface area contributed by atoms with Gasteiger partial charge in [-0.25, -0.2) is 14.4 Å². The molecule has 0 unspecified atom stereocenters. The van der Waals surface area contributed by atoms with Crippen LogP contribution < -0.4 is 16.0 Å². The van der Waals surface area contributed by atoms with Gasteiger partial charge < -0.3 is 16.0 Å². The van der Waals surface area contributed by atoms with E-state index in [2.05, 4.69) is 25.9 Å². The van der Waals surface area contributed by atoms with Crippen molar-refractivity contribution in [1.82, 2.24) is 15.6 Å². The average molecular weight is 418 g/mol. The number of nitrogens with one attached hydrogen (secondary N) is 3. The monoisotopic (exact) mass is 417 g/mol. The lowest BCUT2D eigenvalue weighted by molar-refractivity contribution is -0.116. The summed E-state index contributed by atoms with van der Waals surface area (Å²) in [5.41, 5.74) is 2.78. The van der Waals surface area contributed by atoms with Gasteiger partial charge in [-0.15, -0.1) is 0 Å². The van der Waals surface area contributed by atoms with Crippen molar-refractivity contribution in [3.05, 3.63) is 59.0 Å². The van der Waals surface area contributed by atoms with Crippen LogP contribution >= 0.6 is 11.8 Å². The molecule has 0 radical (unpaired) electrons. The zero-order chi connectivity index (χ0) is 21.1. The largest absolute Gasteiger partial charge is 0.357 e. The second-order valence-electron chi connectivity index (χ2n) is 6.43. The number of aryl methyl sites for hydroxylation is 1. The molecule has 0 aliphatic carbocycles. The van der Waals surface area contributed by atoms with Gasteiger partial charge in [0, 0.05) is 31.0 Å². The van der Waals surface area contributed by atoms with Gasteiger partial charge in [-0.1, -0.05) is 12.1 Å². The smallest absolute Gasteiger partial charge is 0.227 e. The second-order valence-corrected chi connectivity index (χ2v) is 7.30. The van der Waals surface area contributed by atoms with Crippen LogP contribution in [0.5, 0.6) is 0 Å². The van der Waals surface area contributed by atoms with E-state index < -0.39 is 0 Å². The molecule has 0 aliphatic heterocycles. The zero-order valence-electron chi connectivity index (χ0n) is 17.1. The van der Waals surface area contributed by atoms with Gasteiger partial charge in [-0.3, -0.25) is 4.79 Å². The summed E-state index contributed by atoms with van der Waals surface area (Å²) in [6.07, 6.45) is 2.27. The van der Waals surface area contributed by atoms with Crippen molar-refractivity contribution in [2.24, 2.45) is 4.99 Å². The number of nitrogens with zero attached hydrogens (tertiary/aromatic N) is 2. The number of pyridine rings is 1. The summed E-state index contributed by atoms with van der Waals surface area (Å²) in [5.74, 6) is 1.55. The van der Waals surface area contributed by atoms with E-state index in [9.17, 15) is 9.18 Å². The van der Waals surface area contributed by atoms with E-state index in [1.807, 2.05) is 32.2 Å². The minimum absolute atomic E-state index is 0.118. The van der Waals surface area contributed by atoms with Crippen LogP contribution in [0.2, 0.25) is 0 Å². The Balaban J connectivity index is 1.90. The molecule has 1 heterocycles. The number of aliphatic imine (C=N–C) groups is 1. The Kier molecular flexibility index (Phi) is 9.43. The summed E-state index contributed by atoms with van der Waals surface area (Å²) >= 11 is 1.64. The van der Waals surface area contributed by atoms with E-state index >= 15 is 0 Å². The molecule has 0 fully saturated rings. The van der Waals surface area contributed by atoms with Gasteiger partial charge in [0.25, 0.3) is 0 Å². The number of anilines is 1. The molecule has 1 aromatic carbocycles. The molecular weight excluding hydrogens is 389 g/mol. The fourth-order valence-electron chi connectivity index (χ4n) is 2.66. The fraction of sp³-hybridized carbons (Fsp3) is 0.381. The Bertz CT molecular complexity index is 844. The van der Waals surface area contributed by atoms with Crippen LogP contribution in [-0.2, 0) is 17.1 Å². The van der Waals surface area contributed by atoms with Gasteiger partial charge in [0.1, 0.15) is 11.6 Å². The highest BCUT2D eigenvalue weighted by Crippen LogP contribution is 2.17. The van der Waals surface area contributed by atoms with Gasteiger partial charge in [-0.05, 0) is 55.5 Å². The van der Waals surface area contributed by atoms with Crippen molar-refractivity contribution in [1.29, 1.82) is 0 Å². The number of aromatic nitrogens is 1. The first kappa shape index (κ1) is 22.7. The molecule has 2 rings (SSSR count). The zero-order valence-corrected chi connectivity index (χ0v) is 17.9. The number of hydrogen-bond acceptors (Lipinski definition) is 4. The van der Waals surface area contributed by atoms with Gasteiger partial charge in [-0.2, -0.15) is 11.8 Å². The van der Waals surface area contributed by atoms with E-state index in [1.165, 1.54) is 6.07 Å². The molecular formula is C21H28FN5OS. The molecule has 0 aliphatic rings. The predicted octanol–water partition coefficient (Wildman–Crippen LogP) is 3.48. The van der Waals surface area contributed by atoms with E-state index in [4.69, 9.17) is 0 Å². The first-order valence-corrected chi connectivity index (χ1v) is 10.9. The molecule has 6 nitrogen and oxygen atoms in total. The maximum atomic E-state index is 13.5. The van der Waals surface area contributed by atoms with Crippen molar-refractivity contribution in [3.63, 3.8) is 0 Å². The third kappa shape index (κ3) is 8.11. The molecule has 1 aromatic heterocycles. The Morgan fingerprint density at radius 3 is 2.76 bits per heavy atom. The van der Waals surface area contributed by atoms with Crippen molar-refractivity contribution in [2.75, 3.05) is 24.7 Å². The molecule has 0 saturated heterocycles. The van der Waals surface area contributed by atoms with Crippen molar-refractivity contribution in [3.8, 4) is 0 Å². The lowest BCUT2D eigenvalue weighted by atomic mass is 10.1. The van der Waals surface area contributed by atoms with Crippen LogP contribution in [0.3, 0.4) is 0 Å². The summed E-state index contributed by atoms with van der Waals surface area (Å²) in [5, 5.41) is 9.11. The Morgan fingerprint density at radius 1 is 1.21 bits per heavy atom. The molecule has 0 atom stereocenters. The van der Waals surface area contributed by atoms with E-state index in [-0.39, 0.29) is 18.1 Å². The van der Waals surface area contributed by atoms with Gasteiger partial charge in [0.05, 0.1) is 6.54 Å². The van der Waals surface area contributed by atoms with Gasteiger partial charge in [0.15, 0.2) is 5.96 Å². The molecule has 8 heteroatoms. The van der Waals surface area contributed by atoms with Crippen LogP contribution in [-0.4, -0.2) is 36.2 Å². The Morgan fingerprint density at radius 2 is 2.03 bits per heavy atom. The summed E-state index contributed by atoms with van der Waals surface area (Å²) in [7, 11) is 0. The third-order valence-corrected chi connectivity index (χ3v) is 4.62. The quantitative estimate of drug-likeness (QED) is 0.430. The molecule has 0 bridgehead atoms. The maximum absolute atomic E-state index is 13.5. The standard InChI is InChI=1S/C21H28FN5OS/c1-4-23-21(25-13-16-8-9-18(22)12-17(16)14-29-3)24-11-10-20(28)27-19-7-5-6-15(2)26-19/h5-9,12H,4,10-11,13-14H2,1-3H3,(H2,23,24,25)(H,26,27,28). The summed E-state index contributed by atoms with van der Waals surface area (Å²) < 4.78 is 13.5. The molecule has 1 amide bonds. The van der Waals surface area contributed by atoms with Crippen LogP contribution in [0.4, 0.5) is 10.2 Å². The first-order chi connectivity index (χ1) is 14.0. The highest BCUT2D eigenvalue weighted by molar-refractivity contribution is 7.97. The third-order valence-electron chi connectivity index (χ3n) is 4.02. The first-order valence-electron chi connectivity index (χ1n) is 9.53. The molecule has 29 heavy (non-hydrogen) atoms. The van der Waals surface area contributed by atoms with E-state index in [0.29, 0.717) is 31.4 Å². The summed E-state index contributed by atoms with van der Waals surface area (Å²) in [6.45, 7) is 5.42. The minimum Gasteiger partial charge on any atom is -0.357 e. The number of carbonyl (C=O) groups is 1. The SMILES string of the molecule is CCNC(=NCc1ccc(F)cc1CSC)NCCC(=O)Nc1cccc(C)n1. The normalized spacial score (nSPS) is 11.2. The van der Waals surface area contributed by atoms with Gasteiger partial charge >= 0.3 is 0 Å². The second kappa shape index (κ2) is 12.1. The van der Waals surface area contributed by atoms with Crippen molar-refractivity contribution >= 4 is 29.4 Å². The fourth-order valence-corrected chi connectivity index (χ4v) is 3.24. The Labute approximate surface area is 175 Å². The summed E-state index contributed by atoms with van der Waals surface area (Å²) in [6, 6.07) is 10.3. The van der Waals surface area contributed by atoms with Crippen LogP contribution in [0.25, 0.3) is 0 Å². The number of guanidine groups is 1. The molecule has 2 aromatic rings. The average Bonchev–Trinajstić information content (AvgIpc) is 2.67. The summed E-state index contributed by atoms with van der Waals surface area (Å²) in [4.78, 5) is 20.9. The molecule has 156 valence electrons. The number of carbonyl (C=O) groups excluding carboxylic acids is 1. The number of hydrogen-bond donors (Lipinski definition) is 3. The minimum atomic E-state index is -0.235. The van der Waals surface area contributed by atoms with Crippen molar-refractivity contribution in [2.45, 2.75) is 32.6 Å². The predicted molar refractivity (Wildman–Crippen MR) is 119 cm³/mol. The number of halogens is 1. The highest BCUT2D eigenvalue weighted by atomic mass is 32.2. The molecule has 0 spiro atoms. The number of rotatable bonds is 9. The lowest BCUT2D eigenvalue weighted by Gasteiger charge is -2.12. The van der Waals surface area contributed by atoms with Crippen LogP contribution in [0, 0.1) is 12.7 Å². The Hall–Kier alpha value is -2.61. The molecule has 3 N–H and O–H groups in total. The lowest BCUT2D eigenvalue weighted by Crippen LogP contribution is -2.38. The van der Waals surface area contributed by atoms with Crippen LogP contribution in [0.1, 0.15) is 30.2 Å². The van der Waals surface area contributed by atoms with Crippen LogP contribution in [0.15, 0.2) is 41.4 Å². The maximum Gasteiger partial charge on any atom is 0.227 e. The topological polar surface area (TPSA) is 78.4 Å². The molecule has 0 saturated carbocycles. The number of thioether (sulfide) groups is 1. The van der Waals surface area contributed by atoms with Gasteiger partial charge in [0.2, 0.25) is 5.91 Å². The van der Waals surface area contributed by atoms with E-state index in [0.717, 1.165) is 22.6 Å². The van der Waals surface area contributed by atoms with Crippen molar-refractivity contribution < 1.29 is 9.18 Å². The number of benzene rings is 1. The highest BCUT2D eigenvalue weighted by Gasteiger charge is 2.06.